The highest BCUT2D eigenvalue weighted by Crippen LogP contribution is 2.28. The SMILES string of the molecule is CC(=O)NC1CCC(N)(CC(=O)O)CC1. The molecule has 0 spiro atoms. The van der Waals surface area contributed by atoms with Gasteiger partial charge in [0.05, 0.1) is 6.42 Å². The maximum Gasteiger partial charge on any atom is 0.305 e. The molecule has 5 nitrogen and oxygen atoms in total. The van der Waals surface area contributed by atoms with Crippen molar-refractivity contribution >= 4 is 11.9 Å². The first-order valence-corrected chi connectivity index (χ1v) is 5.19. The number of rotatable bonds is 3. The zero-order valence-electron chi connectivity index (χ0n) is 8.95. The van der Waals surface area contributed by atoms with Crippen LogP contribution >= 0.6 is 0 Å². The number of nitrogens with two attached hydrogens (primary N) is 1. The van der Waals surface area contributed by atoms with E-state index in [4.69, 9.17) is 10.8 Å². The van der Waals surface area contributed by atoms with Gasteiger partial charge in [-0.25, -0.2) is 0 Å². The maximum absolute atomic E-state index is 10.8. The van der Waals surface area contributed by atoms with Crippen molar-refractivity contribution in [1.29, 1.82) is 0 Å². The second-order valence-corrected chi connectivity index (χ2v) is 4.41. The summed E-state index contributed by atoms with van der Waals surface area (Å²) in [5, 5.41) is 11.5. The lowest BCUT2D eigenvalue weighted by molar-refractivity contribution is -0.138. The summed E-state index contributed by atoms with van der Waals surface area (Å²) in [6.07, 6.45) is 2.86. The molecule has 1 rings (SSSR count). The summed E-state index contributed by atoms with van der Waals surface area (Å²) >= 11 is 0. The number of carbonyl (C=O) groups is 2. The first-order valence-electron chi connectivity index (χ1n) is 5.19. The van der Waals surface area contributed by atoms with Gasteiger partial charge in [0.2, 0.25) is 5.91 Å². The van der Waals surface area contributed by atoms with Gasteiger partial charge in [-0.15, -0.1) is 0 Å². The number of carboxylic acids is 1. The van der Waals surface area contributed by atoms with Crippen molar-refractivity contribution < 1.29 is 14.7 Å². The number of hydrogen-bond acceptors (Lipinski definition) is 3. The smallest absolute Gasteiger partial charge is 0.305 e. The molecule has 86 valence electrons. The minimum Gasteiger partial charge on any atom is -0.481 e. The summed E-state index contributed by atoms with van der Waals surface area (Å²) in [6.45, 7) is 1.49. The zero-order chi connectivity index (χ0) is 11.5. The van der Waals surface area contributed by atoms with Crippen LogP contribution < -0.4 is 11.1 Å². The first-order chi connectivity index (χ1) is 6.91. The van der Waals surface area contributed by atoms with Gasteiger partial charge in [0, 0.05) is 18.5 Å². The number of nitrogens with one attached hydrogen (secondary N) is 1. The van der Waals surface area contributed by atoms with Gasteiger partial charge >= 0.3 is 5.97 Å². The average molecular weight is 214 g/mol. The quantitative estimate of drug-likeness (QED) is 0.627. The summed E-state index contributed by atoms with van der Waals surface area (Å²) < 4.78 is 0. The molecular weight excluding hydrogens is 196 g/mol. The van der Waals surface area contributed by atoms with Crippen LogP contribution in [0.25, 0.3) is 0 Å². The summed E-state index contributed by atoms with van der Waals surface area (Å²) in [5.74, 6) is -0.891. The fourth-order valence-electron chi connectivity index (χ4n) is 2.10. The van der Waals surface area contributed by atoms with Crippen molar-refractivity contribution in [1.82, 2.24) is 5.32 Å². The van der Waals surface area contributed by atoms with Crippen molar-refractivity contribution in [2.45, 2.75) is 50.6 Å². The molecule has 0 unspecified atom stereocenters. The van der Waals surface area contributed by atoms with E-state index >= 15 is 0 Å². The Morgan fingerprint density at radius 3 is 2.40 bits per heavy atom. The molecule has 5 heteroatoms. The fourth-order valence-corrected chi connectivity index (χ4v) is 2.10. The van der Waals surface area contributed by atoms with E-state index in [0.717, 1.165) is 12.8 Å². The van der Waals surface area contributed by atoms with Crippen molar-refractivity contribution in [3.05, 3.63) is 0 Å². The Morgan fingerprint density at radius 2 is 2.00 bits per heavy atom. The predicted molar refractivity (Wildman–Crippen MR) is 55.2 cm³/mol. The van der Waals surface area contributed by atoms with Gasteiger partial charge in [-0.2, -0.15) is 0 Å². The van der Waals surface area contributed by atoms with E-state index in [1.165, 1.54) is 6.92 Å². The van der Waals surface area contributed by atoms with Crippen LogP contribution in [0.1, 0.15) is 39.0 Å². The Hall–Kier alpha value is -1.10. The molecule has 1 aliphatic rings. The Kier molecular flexibility index (Phi) is 3.68. The highest BCUT2D eigenvalue weighted by Gasteiger charge is 2.33. The Morgan fingerprint density at radius 1 is 1.47 bits per heavy atom. The summed E-state index contributed by atoms with van der Waals surface area (Å²) in [4.78, 5) is 21.4. The molecule has 1 fully saturated rings. The van der Waals surface area contributed by atoms with E-state index in [2.05, 4.69) is 5.32 Å². The topological polar surface area (TPSA) is 92.4 Å². The normalized spacial score (nSPS) is 30.9. The summed E-state index contributed by atoms with van der Waals surface area (Å²) in [5.41, 5.74) is 5.38. The minimum atomic E-state index is -0.851. The summed E-state index contributed by atoms with van der Waals surface area (Å²) in [6, 6.07) is 0.160. The average Bonchev–Trinajstić information content (AvgIpc) is 2.07. The van der Waals surface area contributed by atoms with Crippen molar-refractivity contribution in [2.75, 3.05) is 0 Å². The lowest BCUT2D eigenvalue weighted by Gasteiger charge is -2.36. The zero-order valence-corrected chi connectivity index (χ0v) is 8.95. The van der Waals surface area contributed by atoms with E-state index in [-0.39, 0.29) is 18.4 Å². The Labute approximate surface area is 89.0 Å². The van der Waals surface area contributed by atoms with Crippen molar-refractivity contribution in [3.8, 4) is 0 Å². The third-order valence-corrected chi connectivity index (χ3v) is 2.89. The second-order valence-electron chi connectivity index (χ2n) is 4.41. The Balaban J connectivity index is 2.40. The molecule has 1 aliphatic carbocycles. The highest BCUT2D eigenvalue weighted by molar-refractivity contribution is 5.73. The lowest BCUT2D eigenvalue weighted by Crippen LogP contribution is -2.49. The van der Waals surface area contributed by atoms with Crippen molar-refractivity contribution in [2.24, 2.45) is 5.73 Å². The molecule has 0 heterocycles. The molecule has 0 atom stereocenters. The van der Waals surface area contributed by atoms with Gasteiger partial charge in [0.25, 0.3) is 0 Å². The molecular formula is C10H18N2O3. The van der Waals surface area contributed by atoms with E-state index in [1.54, 1.807) is 0 Å². The van der Waals surface area contributed by atoms with Crippen LogP contribution in [0.5, 0.6) is 0 Å². The van der Waals surface area contributed by atoms with E-state index < -0.39 is 11.5 Å². The maximum atomic E-state index is 10.8. The van der Waals surface area contributed by atoms with Gasteiger partial charge in [-0.05, 0) is 25.7 Å². The highest BCUT2D eigenvalue weighted by atomic mass is 16.4. The van der Waals surface area contributed by atoms with E-state index in [9.17, 15) is 9.59 Å². The fraction of sp³-hybridized carbons (Fsp3) is 0.800. The number of amides is 1. The molecule has 0 aromatic carbocycles. The molecule has 0 bridgehead atoms. The monoisotopic (exact) mass is 214 g/mol. The lowest BCUT2D eigenvalue weighted by atomic mass is 9.78. The molecule has 0 radical (unpaired) electrons. The van der Waals surface area contributed by atoms with Gasteiger partial charge < -0.3 is 16.2 Å². The van der Waals surface area contributed by atoms with Crippen LogP contribution in [0, 0.1) is 0 Å². The van der Waals surface area contributed by atoms with E-state index in [0.29, 0.717) is 12.8 Å². The van der Waals surface area contributed by atoms with Gasteiger partial charge in [0.15, 0.2) is 0 Å². The van der Waals surface area contributed by atoms with E-state index in [1.807, 2.05) is 0 Å². The third-order valence-electron chi connectivity index (χ3n) is 2.89. The minimum absolute atomic E-state index is 0.0137. The number of aliphatic carboxylic acids is 1. The second kappa shape index (κ2) is 4.61. The molecule has 0 aromatic heterocycles. The molecule has 1 amide bonds. The molecule has 0 aliphatic heterocycles. The largest absolute Gasteiger partial charge is 0.481 e. The number of hydrogen-bond donors (Lipinski definition) is 3. The van der Waals surface area contributed by atoms with Crippen LogP contribution in [-0.2, 0) is 9.59 Å². The molecule has 4 N–H and O–H groups in total. The van der Waals surface area contributed by atoms with Crippen LogP contribution in [0.2, 0.25) is 0 Å². The van der Waals surface area contributed by atoms with Crippen LogP contribution in [0.3, 0.4) is 0 Å². The van der Waals surface area contributed by atoms with Crippen LogP contribution in [0.15, 0.2) is 0 Å². The van der Waals surface area contributed by atoms with Crippen LogP contribution in [-0.4, -0.2) is 28.6 Å². The third kappa shape index (κ3) is 3.87. The standard InChI is InChI=1S/C10H18N2O3/c1-7(13)12-8-2-4-10(11,5-3-8)6-9(14)15/h8H,2-6,11H2,1H3,(H,12,13)(H,14,15). The van der Waals surface area contributed by atoms with Gasteiger partial charge in [-0.3, -0.25) is 9.59 Å². The summed E-state index contributed by atoms with van der Waals surface area (Å²) in [7, 11) is 0. The first kappa shape index (κ1) is 12.0. The van der Waals surface area contributed by atoms with Crippen LogP contribution in [0.4, 0.5) is 0 Å². The number of carboxylic acid groups (broad SMARTS) is 1. The predicted octanol–water partition coefficient (Wildman–Crippen LogP) is 0.237. The van der Waals surface area contributed by atoms with Gasteiger partial charge in [-0.1, -0.05) is 0 Å². The number of carbonyl (C=O) groups excluding carboxylic acids is 1. The molecule has 0 aromatic rings. The Bertz CT molecular complexity index is 257. The molecule has 1 saturated carbocycles. The van der Waals surface area contributed by atoms with Gasteiger partial charge in [0.1, 0.15) is 0 Å². The molecule has 15 heavy (non-hydrogen) atoms. The molecule has 0 saturated heterocycles. The van der Waals surface area contributed by atoms with Crippen molar-refractivity contribution in [3.63, 3.8) is 0 Å².